The summed E-state index contributed by atoms with van der Waals surface area (Å²) in [6.07, 6.45) is -4.33. The van der Waals surface area contributed by atoms with Crippen molar-refractivity contribution >= 4 is 23.1 Å². The highest BCUT2D eigenvalue weighted by atomic mass is 32.1. The SMILES string of the molecule is CCC(C)(C(=O)NC1(C(F)(F)F)CC1)C(N)=S. The minimum atomic E-state index is -4.42. The zero-order valence-corrected chi connectivity index (χ0v) is 10.5. The number of rotatable bonds is 4. The van der Waals surface area contributed by atoms with E-state index in [2.05, 4.69) is 0 Å². The molecule has 1 fully saturated rings. The van der Waals surface area contributed by atoms with Crippen molar-refractivity contribution in [2.24, 2.45) is 11.1 Å². The summed E-state index contributed by atoms with van der Waals surface area (Å²) < 4.78 is 38.0. The number of carbonyl (C=O) groups is 1. The summed E-state index contributed by atoms with van der Waals surface area (Å²) in [5.74, 6) is -0.748. The van der Waals surface area contributed by atoms with E-state index in [1.165, 1.54) is 6.92 Å². The number of alkyl halides is 3. The molecule has 0 heterocycles. The van der Waals surface area contributed by atoms with Crippen molar-refractivity contribution in [3.05, 3.63) is 0 Å². The maximum atomic E-state index is 12.7. The molecule has 0 aliphatic heterocycles. The summed E-state index contributed by atoms with van der Waals surface area (Å²) in [5, 5.41) is 2.05. The summed E-state index contributed by atoms with van der Waals surface area (Å²) in [6.45, 7) is 3.11. The molecule has 0 saturated heterocycles. The molecule has 0 aromatic heterocycles. The number of thiocarbonyl (C=S) groups is 1. The van der Waals surface area contributed by atoms with E-state index in [0.29, 0.717) is 0 Å². The van der Waals surface area contributed by atoms with E-state index in [-0.39, 0.29) is 24.3 Å². The van der Waals surface area contributed by atoms with Gasteiger partial charge in [-0.3, -0.25) is 4.79 Å². The molecule has 98 valence electrons. The lowest BCUT2D eigenvalue weighted by Gasteiger charge is -2.29. The molecule has 1 atom stereocenters. The average molecular weight is 268 g/mol. The summed E-state index contributed by atoms with van der Waals surface area (Å²) in [4.78, 5) is 11.8. The van der Waals surface area contributed by atoms with Crippen LogP contribution in [0.25, 0.3) is 0 Å². The van der Waals surface area contributed by atoms with Crippen molar-refractivity contribution in [1.29, 1.82) is 0 Å². The summed E-state index contributed by atoms with van der Waals surface area (Å²) in [7, 11) is 0. The molecular weight excluding hydrogens is 253 g/mol. The third kappa shape index (κ3) is 2.38. The number of nitrogens with one attached hydrogen (secondary N) is 1. The lowest BCUT2D eigenvalue weighted by Crippen LogP contribution is -2.55. The van der Waals surface area contributed by atoms with Crippen LogP contribution in [0.1, 0.15) is 33.1 Å². The molecule has 1 saturated carbocycles. The average Bonchev–Trinajstić information content (AvgIpc) is 2.96. The third-order valence-electron chi connectivity index (χ3n) is 3.40. The molecule has 0 radical (unpaired) electrons. The van der Waals surface area contributed by atoms with E-state index in [0.717, 1.165) is 0 Å². The number of carbonyl (C=O) groups excluding carboxylic acids is 1. The van der Waals surface area contributed by atoms with Gasteiger partial charge in [0.25, 0.3) is 0 Å². The summed E-state index contributed by atoms with van der Waals surface area (Å²) in [6, 6.07) is 0. The van der Waals surface area contributed by atoms with E-state index in [1.54, 1.807) is 6.92 Å². The molecule has 0 aromatic carbocycles. The van der Waals surface area contributed by atoms with Gasteiger partial charge in [0.2, 0.25) is 5.91 Å². The fourth-order valence-electron chi connectivity index (χ4n) is 1.41. The zero-order chi connectivity index (χ0) is 13.5. The predicted octanol–water partition coefficient (Wildman–Crippen LogP) is 1.90. The van der Waals surface area contributed by atoms with Gasteiger partial charge in [-0.1, -0.05) is 19.1 Å². The van der Waals surface area contributed by atoms with Gasteiger partial charge in [-0.2, -0.15) is 13.2 Å². The Morgan fingerprint density at radius 2 is 1.94 bits per heavy atom. The standard InChI is InChI=1S/C10H15F3N2OS/c1-3-8(2,6(14)17)7(16)15-9(4-5-9)10(11,12)13/h3-5H2,1-2H3,(H2,14,17)(H,15,16). The quantitative estimate of drug-likeness (QED) is 0.766. The minimum Gasteiger partial charge on any atom is -0.392 e. The predicted molar refractivity (Wildman–Crippen MR) is 61.3 cm³/mol. The van der Waals surface area contributed by atoms with Crippen LogP contribution < -0.4 is 11.1 Å². The third-order valence-corrected chi connectivity index (χ3v) is 3.85. The lowest BCUT2D eigenvalue weighted by atomic mass is 9.86. The number of hydrogen-bond acceptors (Lipinski definition) is 2. The van der Waals surface area contributed by atoms with Crippen LogP contribution >= 0.6 is 12.2 Å². The lowest BCUT2D eigenvalue weighted by molar-refractivity contribution is -0.172. The molecule has 0 spiro atoms. The van der Waals surface area contributed by atoms with Crippen molar-refractivity contribution in [1.82, 2.24) is 5.32 Å². The second kappa shape index (κ2) is 4.12. The fraction of sp³-hybridized carbons (Fsp3) is 0.800. The van der Waals surface area contributed by atoms with Gasteiger partial charge in [0, 0.05) is 0 Å². The Morgan fingerprint density at radius 3 is 2.18 bits per heavy atom. The highest BCUT2D eigenvalue weighted by Gasteiger charge is 2.65. The van der Waals surface area contributed by atoms with Crippen molar-refractivity contribution in [2.45, 2.75) is 44.8 Å². The van der Waals surface area contributed by atoms with Crippen LogP contribution in [0.5, 0.6) is 0 Å². The molecule has 1 aliphatic carbocycles. The first-order valence-corrected chi connectivity index (χ1v) is 5.69. The van der Waals surface area contributed by atoms with Crippen LogP contribution in [0.2, 0.25) is 0 Å². The van der Waals surface area contributed by atoms with Gasteiger partial charge in [-0.05, 0) is 26.2 Å². The Hall–Kier alpha value is -0.850. The maximum absolute atomic E-state index is 12.7. The molecule has 0 bridgehead atoms. The summed E-state index contributed by atoms with van der Waals surface area (Å²) >= 11 is 4.74. The molecule has 1 unspecified atom stereocenters. The number of halogens is 3. The highest BCUT2D eigenvalue weighted by Crippen LogP contribution is 2.49. The fourth-order valence-corrected chi connectivity index (χ4v) is 1.64. The van der Waals surface area contributed by atoms with E-state index < -0.39 is 23.0 Å². The van der Waals surface area contributed by atoms with Gasteiger partial charge >= 0.3 is 6.18 Å². The normalized spacial score (nSPS) is 21.5. The van der Waals surface area contributed by atoms with E-state index >= 15 is 0 Å². The van der Waals surface area contributed by atoms with Gasteiger partial charge in [-0.25, -0.2) is 0 Å². The number of nitrogens with two attached hydrogens (primary N) is 1. The maximum Gasteiger partial charge on any atom is 0.411 e. The first-order valence-electron chi connectivity index (χ1n) is 5.28. The second-order valence-electron chi connectivity index (χ2n) is 4.58. The van der Waals surface area contributed by atoms with Crippen molar-refractivity contribution in [3.8, 4) is 0 Å². The monoisotopic (exact) mass is 268 g/mol. The summed E-state index contributed by atoms with van der Waals surface area (Å²) in [5.41, 5.74) is 2.13. The topological polar surface area (TPSA) is 55.1 Å². The molecule has 3 nitrogen and oxygen atoms in total. The molecule has 1 aliphatic rings. The smallest absolute Gasteiger partial charge is 0.392 e. The first-order chi connectivity index (χ1) is 7.59. The van der Waals surface area contributed by atoms with Crippen LogP contribution in [0.3, 0.4) is 0 Å². The van der Waals surface area contributed by atoms with Gasteiger partial charge in [0.1, 0.15) is 5.54 Å². The van der Waals surface area contributed by atoms with Crippen LogP contribution in [0, 0.1) is 5.41 Å². The van der Waals surface area contributed by atoms with Crippen LogP contribution in [0.15, 0.2) is 0 Å². The van der Waals surface area contributed by atoms with Gasteiger partial charge in [0.05, 0.1) is 10.4 Å². The molecule has 1 rings (SSSR count). The second-order valence-corrected chi connectivity index (χ2v) is 5.02. The number of amides is 1. The molecule has 3 N–H and O–H groups in total. The highest BCUT2D eigenvalue weighted by molar-refractivity contribution is 7.80. The van der Waals surface area contributed by atoms with E-state index in [1.807, 2.05) is 5.32 Å². The Morgan fingerprint density at radius 1 is 1.47 bits per heavy atom. The van der Waals surface area contributed by atoms with Crippen molar-refractivity contribution < 1.29 is 18.0 Å². The Bertz CT molecular complexity index is 352. The van der Waals surface area contributed by atoms with E-state index in [4.69, 9.17) is 18.0 Å². The Balaban J connectivity index is 2.84. The molecule has 7 heteroatoms. The first kappa shape index (κ1) is 14.2. The van der Waals surface area contributed by atoms with Crippen LogP contribution in [-0.4, -0.2) is 22.6 Å². The number of hydrogen-bond donors (Lipinski definition) is 2. The van der Waals surface area contributed by atoms with Crippen molar-refractivity contribution in [3.63, 3.8) is 0 Å². The molecular formula is C10H15F3N2OS. The zero-order valence-electron chi connectivity index (χ0n) is 9.65. The Labute approximate surface area is 103 Å². The van der Waals surface area contributed by atoms with Crippen LogP contribution in [0.4, 0.5) is 13.2 Å². The van der Waals surface area contributed by atoms with Gasteiger partial charge in [-0.15, -0.1) is 0 Å². The minimum absolute atomic E-state index is 0.0840. The van der Waals surface area contributed by atoms with E-state index in [9.17, 15) is 18.0 Å². The molecule has 17 heavy (non-hydrogen) atoms. The molecule has 1 amide bonds. The van der Waals surface area contributed by atoms with Gasteiger partial charge < -0.3 is 11.1 Å². The van der Waals surface area contributed by atoms with Crippen molar-refractivity contribution in [2.75, 3.05) is 0 Å². The Kier molecular flexibility index (Phi) is 3.44. The molecule has 0 aromatic rings. The van der Waals surface area contributed by atoms with Crippen LogP contribution in [-0.2, 0) is 4.79 Å². The largest absolute Gasteiger partial charge is 0.411 e. The van der Waals surface area contributed by atoms with Gasteiger partial charge in [0.15, 0.2) is 0 Å².